The normalized spacial score (nSPS) is 14.2. The molecule has 0 amide bonds. The largest absolute Gasteiger partial charge is 0.472 e. The quantitative estimate of drug-likeness (QED) is 0.0222. The number of carbonyl (C=O) groups excluding carboxylic acids is 4. The van der Waals surface area contributed by atoms with Crippen molar-refractivity contribution in [2.45, 2.75) is 388 Å². The SMILES string of the molecule is CC(C)CCCCCCCCCCCCCCCCC(=O)O[C@H](COC(=O)CCCCCCCCC(C)C)COP(=O)(O)OC[C@H](O)COP(=O)(O)OC[C@@H](COC(=O)CCCCCCCCCCC(C)C)OC(=O)CCCCCCCCCCCCCCCC(C)C. The molecule has 5 atom stereocenters. The Hall–Kier alpha value is -1.94. The van der Waals surface area contributed by atoms with Crippen molar-refractivity contribution >= 4 is 39.5 Å². The number of ether oxygens (including phenoxy) is 4. The Morgan fingerprint density at radius 2 is 0.452 bits per heavy atom. The van der Waals surface area contributed by atoms with Gasteiger partial charge in [0.25, 0.3) is 0 Å². The summed E-state index contributed by atoms with van der Waals surface area (Å²) in [6, 6.07) is 0. The van der Waals surface area contributed by atoms with E-state index in [2.05, 4.69) is 55.4 Å². The van der Waals surface area contributed by atoms with E-state index in [0.717, 1.165) is 114 Å². The van der Waals surface area contributed by atoms with Gasteiger partial charge in [0.2, 0.25) is 0 Å². The molecule has 0 fully saturated rings. The summed E-state index contributed by atoms with van der Waals surface area (Å²) in [6.07, 6.45) is 47.4. The molecule has 93 heavy (non-hydrogen) atoms. The van der Waals surface area contributed by atoms with Crippen LogP contribution in [-0.4, -0.2) is 96.7 Å². The molecule has 0 aliphatic carbocycles. The Morgan fingerprint density at radius 3 is 0.667 bits per heavy atom. The van der Waals surface area contributed by atoms with Crippen LogP contribution >= 0.6 is 15.6 Å². The minimum Gasteiger partial charge on any atom is -0.462 e. The molecule has 0 spiro atoms. The highest BCUT2D eigenvalue weighted by atomic mass is 31.2. The molecular formula is C74H144O17P2. The molecule has 0 bridgehead atoms. The molecule has 0 saturated heterocycles. The average Bonchev–Trinajstić information content (AvgIpc) is 1.98. The maximum absolute atomic E-state index is 13.0. The van der Waals surface area contributed by atoms with Gasteiger partial charge in [-0.1, -0.05) is 319 Å². The highest BCUT2D eigenvalue weighted by Crippen LogP contribution is 2.45. The minimum absolute atomic E-state index is 0.106. The molecule has 0 aromatic carbocycles. The van der Waals surface area contributed by atoms with Gasteiger partial charge in [0, 0.05) is 25.7 Å². The number of aliphatic hydroxyl groups excluding tert-OH is 1. The Morgan fingerprint density at radius 1 is 0.269 bits per heavy atom. The summed E-state index contributed by atoms with van der Waals surface area (Å²) in [6.45, 7) is 14.1. The third-order valence-corrected chi connectivity index (χ3v) is 19.0. The number of unbranched alkanes of at least 4 members (excludes halogenated alkanes) is 37. The van der Waals surface area contributed by atoms with Gasteiger partial charge in [-0.05, 0) is 49.4 Å². The first kappa shape index (κ1) is 91.1. The van der Waals surface area contributed by atoms with E-state index in [1.54, 1.807) is 0 Å². The number of esters is 4. The number of phosphoric ester groups is 2. The van der Waals surface area contributed by atoms with Crippen LogP contribution in [0.1, 0.15) is 370 Å². The lowest BCUT2D eigenvalue weighted by molar-refractivity contribution is -0.161. The standard InChI is InChI=1S/C74H144O17P2/c1-64(2)50-42-34-26-20-16-12-9-10-14-18-22-30-40-48-56-74(79)91-70(61-85-72(77)55-47-39-33-32-37-45-53-67(7)8)63-89-93(82,83)87-59-68(75)58-86-92(80,81)88-62-69(60-84-71(76)54-46-38-29-25-24-28-36-44-52-66(5)6)90-73(78)57-49-41-31-23-19-15-11-13-17-21-27-35-43-51-65(3)4/h64-70,75H,9-63H2,1-8H3,(H,80,81)(H,82,83)/t68-,69-,70-/m1/s1. The van der Waals surface area contributed by atoms with Gasteiger partial charge in [-0.2, -0.15) is 0 Å². The van der Waals surface area contributed by atoms with Crippen molar-refractivity contribution in [3.8, 4) is 0 Å². The van der Waals surface area contributed by atoms with E-state index in [0.29, 0.717) is 31.6 Å². The number of aliphatic hydroxyl groups is 1. The summed E-state index contributed by atoms with van der Waals surface area (Å²) in [5, 5.41) is 10.6. The first-order chi connectivity index (χ1) is 44.6. The molecule has 0 rings (SSSR count). The van der Waals surface area contributed by atoms with E-state index >= 15 is 0 Å². The van der Waals surface area contributed by atoms with Crippen LogP contribution in [0.2, 0.25) is 0 Å². The van der Waals surface area contributed by atoms with Crippen LogP contribution in [0.25, 0.3) is 0 Å². The van der Waals surface area contributed by atoms with Crippen LogP contribution in [0.3, 0.4) is 0 Å². The van der Waals surface area contributed by atoms with Crippen LogP contribution < -0.4 is 0 Å². The molecule has 0 aromatic rings. The third-order valence-electron chi connectivity index (χ3n) is 17.1. The Labute approximate surface area is 568 Å². The molecule has 0 aliphatic heterocycles. The Kier molecular flexibility index (Phi) is 62.2. The topological polar surface area (TPSA) is 237 Å². The molecule has 17 nitrogen and oxygen atoms in total. The van der Waals surface area contributed by atoms with Crippen molar-refractivity contribution in [3.63, 3.8) is 0 Å². The van der Waals surface area contributed by atoms with Crippen molar-refractivity contribution in [1.29, 1.82) is 0 Å². The molecule has 0 heterocycles. The molecule has 0 aliphatic rings. The summed E-state index contributed by atoms with van der Waals surface area (Å²) >= 11 is 0. The molecule has 0 aromatic heterocycles. The highest BCUT2D eigenvalue weighted by Gasteiger charge is 2.30. The summed E-state index contributed by atoms with van der Waals surface area (Å²) < 4.78 is 68.4. The van der Waals surface area contributed by atoms with Gasteiger partial charge in [0.05, 0.1) is 26.4 Å². The van der Waals surface area contributed by atoms with Crippen molar-refractivity contribution in [3.05, 3.63) is 0 Å². The zero-order valence-corrected chi connectivity index (χ0v) is 62.7. The summed E-state index contributed by atoms with van der Waals surface area (Å²) in [5.74, 6) is 0.862. The van der Waals surface area contributed by atoms with Gasteiger partial charge in [0.1, 0.15) is 19.3 Å². The van der Waals surface area contributed by atoms with Crippen LogP contribution in [0, 0.1) is 23.7 Å². The van der Waals surface area contributed by atoms with Crippen molar-refractivity contribution < 1.29 is 80.2 Å². The van der Waals surface area contributed by atoms with Crippen molar-refractivity contribution in [1.82, 2.24) is 0 Å². The van der Waals surface area contributed by atoms with Crippen LogP contribution in [0.15, 0.2) is 0 Å². The van der Waals surface area contributed by atoms with Gasteiger partial charge in [0.15, 0.2) is 12.2 Å². The van der Waals surface area contributed by atoms with E-state index in [1.165, 1.54) is 167 Å². The molecule has 0 saturated carbocycles. The lowest BCUT2D eigenvalue weighted by Crippen LogP contribution is -2.30. The fourth-order valence-corrected chi connectivity index (χ4v) is 12.8. The fraction of sp³-hybridized carbons (Fsp3) is 0.946. The summed E-state index contributed by atoms with van der Waals surface area (Å²) in [5.41, 5.74) is 0. The van der Waals surface area contributed by atoms with E-state index in [1.807, 2.05) is 0 Å². The Bertz CT molecular complexity index is 1830. The molecule has 0 radical (unpaired) electrons. The predicted octanol–water partition coefficient (Wildman–Crippen LogP) is 21.3. The first-order valence-electron chi connectivity index (χ1n) is 38.2. The van der Waals surface area contributed by atoms with Crippen LogP contribution in [0.5, 0.6) is 0 Å². The van der Waals surface area contributed by atoms with Gasteiger partial charge in [-0.3, -0.25) is 37.3 Å². The number of carbonyl (C=O) groups is 4. The number of hydrogen-bond acceptors (Lipinski definition) is 15. The smallest absolute Gasteiger partial charge is 0.462 e. The molecule has 3 N–H and O–H groups in total. The van der Waals surface area contributed by atoms with Crippen LogP contribution in [0.4, 0.5) is 0 Å². The second-order valence-corrected chi connectivity index (χ2v) is 31.5. The number of hydrogen-bond donors (Lipinski definition) is 3. The molecule has 19 heteroatoms. The van der Waals surface area contributed by atoms with Gasteiger partial charge in [-0.15, -0.1) is 0 Å². The number of rotatable bonds is 71. The van der Waals surface area contributed by atoms with Gasteiger partial charge < -0.3 is 33.8 Å². The zero-order valence-electron chi connectivity index (χ0n) is 60.9. The fourth-order valence-electron chi connectivity index (χ4n) is 11.2. The van der Waals surface area contributed by atoms with Gasteiger partial charge >= 0.3 is 39.5 Å². The molecule has 2 unspecified atom stereocenters. The molecule has 552 valence electrons. The summed E-state index contributed by atoms with van der Waals surface area (Å²) in [7, 11) is -9.91. The maximum atomic E-state index is 13.0. The van der Waals surface area contributed by atoms with E-state index in [-0.39, 0.29) is 25.7 Å². The average molecular weight is 1370 g/mol. The second kappa shape index (κ2) is 63.5. The first-order valence-corrected chi connectivity index (χ1v) is 41.2. The molecular weight excluding hydrogens is 1220 g/mol. The maximum Gasteiger partial charge on any atom is 0.472 e. The lowest BCUT2D eigenvalue weighted by atomic mass is 10.0. The third kappa shape index (κ3) is 68.4. The zero-order chi connectivity index (χ0) is 68.9. The second-order valence-electron chi connectivity index (χ2n) is 28.6. The van der Waals surface area contributed by atoms with E-state index in [4.69, 9.17) is 37.0 Å². The minimum atomic E-state index is -4.95. The number of phosphoric acid groups is 2. The van der Waals surface area contributed by atoms with Gasteiger partial charge in [-0.25, -0.2) is 9.13 Å². The monoisotopic (exact) mass is 1370 g/mol. The predicted molar refractivity (Wildman–Crippen MR) is 377 cm³/mol. The van der Waals surface area contributed by atoms with Crippen molar-refractivity contribution in [2.75, 3.05) is 39.6 Å². The van der Waals surface area contributed by atoms with E-state index < -0.39 is 97.5 Å². The summed E-state index contributed by atoms with van der Waals surface area (Å²) in [4.78, 5) is 72.7. The van der Waals surface area contributed by atoms with E-state index in [9.17, 15) is 43.2 Å². The lowest BCUT2D eigenvalue weighted by Gasteiger charge is -2.21. The van der Waals surface area contributed by atoms with Crippen molar-refractivity contribution in [2.24, 2.45) is 23.7 Å². The Balaban J connectivity index is 5.22. The highest BCUT2D eigenvalue weighted by molar-refractivity contribution is 7.47. The van der Waals surface area contributed by atoms with Crippen LogP contribution in [-0.2, 0) is 65.4 Å².